The average Bonchev–Trinajstić information content (AvgIpc) is 2.54. The molecule has 22 heavy (non-hydrogen) atoms. The standard InChI is InChI=1S/C14H19N3O4S/c1-3-14(4-2)9-16(5-6-22-14)13(19)11-7-10(17(20)21)8-15-12(11)18/h7-8H,3-6,9H2,1-2H3,(H,15,18). The SMILES string of the molecule is CCC1(CC)CN(C(=O)c2cc([N+](=O)[O-])c[nH]c2=O)CCS1. The fraction of sp³-hybridized carbons (Fsp3) is 0.571. The van der Waals surface area contributed by atoms with Gasteiger partial charge in [-0.3, -0.25) is 19.7 Å². The topological polar surface area (TPSA) is 96.3 Å². The maximum Gasteiger partial charge on any atom is 0.286 e. The van der Waals surface area contributed by atoms with E-state index in [-0.39, 0.29) is 16.0 Å². The third kappa shape index (κ3) is 3.16. The summed E-state index contributed by atoms with van der Waals surface area (Å²) in [5.41, 5.74) is -1.04. The van der Waals surface area contributed by atoms with E-state index < -0.39 is 16.4 Å². The zero-order chi connectivity index (χ0) is 16.3. The van der Waals surface area contributed by atoms with Crippen molar-refractivity contribution in [3.8, 4) is 0 Å². The second-order valence-corrected chi connectivity index (χ2v) is 6.89. The number of amides is 1. The van der Waals surface area contributed by atoms with Crippen LogP contribution in [-0.4, -0.2) is 44.3 Å². The summed E-state index contributed by atoms with van der Waals surface area (Å²) in [6.07, 6.45) is 2.88. The van der Waals surface area contributed by atoms with Crippen molar-refractivity contribution in [1.82, 2.24) is 9.88 Å². The lowest BCUT2D eigenvalue weighted by atomic mass is 10.0. The van der Waals surface area contributed by atoms with E-state index in [2.05, 4.69) is 18.8 Å². The molecule has 0 aromatic carbocycles. The Kier molecular flexibility index (Phi) is 4.90. The number of carbonyl (C=O) groups is 1. The maximum atomic E-state index is 12.6. The van der Waals surface area contributed by atoms with Gasteiger partial charge in [0.2, 0.25) is 0 Å². The highest BCUT2D eigenvalue weighted by Crippen LogP contribution is 2.36. The molecule has 2 heterocycles. The molecule has 0 radical (unpaired) electrons. The Balaban J connectivity index is 2.30. The number of rotatable bonds is 4. The minimum absolute atomic E-state index is 0.00137. The summed E-state index contributed by atoms with van der Waals surface area (Å²) >= 11 is 1.85. The third-order valence-corrected chi connectivity index (χ3v) is 5.86. The maximum absolute atomic E-state index is 12.6. The summed E-state index contributed by atoms with van der Waals surface area (Å²) < 4.78 is 0.00137. The summed E-state index contributed by atoms with van der Waals surface area (Å²) in [4.78, 5) is 38.5. The predicted molar refractivity (Wildman–Crippen MR) is 85.4 cm³/mol. The van der Waals surface area contributed by atoms with Crippen LogP contribution in [0.3, 0.4) is 0 Å². The number of carbonyl (C=O) groups excluding carboxylic acids is 1. The fourth-order valence-electron chi connectivity index (χ4n) is 2.60. The smallest absolute Gasteiger partial charge is 0.286 e. The molecule has 1 amide bonds. The lowest BCUT2D eigenvalue weighted by Crippen LogP contribution is -2.49. The number of nitrogens with one attached hydrogen (secondary N) is 1. The van der Waals surface area contributed by atoms with Crippen molar-refractivity contribution >= 4 is 23.4 Å². The van der Waals surface area contributed by atoms with E-state index in [9.17, 15) is 19.7 Å². The van der Waals surface area contributed by atoms with Gasteiger partial charge in [0.1, 0.15) is 5.56 Å². The highest BCUT2D eigenvalue weighted by Gasteiger charge is 2.36. The Morgan fingerprint density at radius 3 is 2.77 bits per heavy atom. The first-order valence-corrected chi connectivity index (χ1v) is 8.21. The van der Waals surface area contributed by atoms with Crippen LogP contribution < -0.4 is 5.56 Å². The molecular weight excluding hydrogens is 306 g/mol. The van der Waals surface area contributed by atoms with Gasteiger partial charge >= 0.3 is 0 Å². The first-order valence-electron chi connectivity index (χ1n) is 7.23. The lowest BCUT2D eigenvalue weighted by molar-refractivity contribution is -0.385. The van der Waals surface area contributed by atoms with Gasteiger partial charge in [-0.1, -0.05) is 13.8 Å². The average molecular weight is 325 g/mol. The van der Waals surface area contributed by atoms with Crippen molar-refractivity contribution in [2.24, 2.45) is 0 Å². The zero-order valence-electron chi connectivity index (χ0n) is 12.6. The van der Waals surface area contributed by atoms with Crippen LogP contribution in [-0.2, 0) is 0 Å². The number of thioether (sulfide) groups is 1. The van der Waals surface area contributed by atoms with Gasteiger partial charge in [0.05, 0.1) is 11.1 Å². The molecule has 0 atom stereocenters. The quantitative estimate of drug-likeness (QED) is 0.675. The number of aromatic amines is 1. The molecule has 120 valence electrons. The number of aromatic nitrogens is 1. The van der Waals surface area contributed by atoms with Gasteiger partial charge < -0.3 is 9.88 Å². The third-order valence-electron chi connectivity index (χ3n) is 4.15. The zero-order valence-corrected chi connectivity index (χ0v) is 13.4. The van der Waals surface area contributed by atoms with Gasteiger partial charge in [0.25, 0.3) is 17.2 Å². The largest absolute Gasteiger partial charge is 0.336 e. The van der Waals surface area contributed by atoms with Crippen LogP contribution >= 0.6 is 11.8 Å². The van der Waals surface area contributed by atoms with Crippen molar-refractivity contribution in [2.75, 3.05) is 18.8 Å². The minimum atomic E-state index is -0.624. The molecule has 0 spiro atoms. The predicted octanol–water partition coefficient (Wildman–Crippen LogP) is 2.03. The summed E-state index contributed by atoms with van der Waals surface area (Å²) in [5, 5.41) is 10.8. The molecule has 7 nitrogen and oxygen atoms in total. The van der Waals surface area contributed by atoms with E-state index >= 15 is 0 Å². The Morgan fingerprint density at radius 1 is 1.50 bits per heavy atom. The molecular formula is C14H19N3O4S. The molecule has 0 bridgehead atoms. The number of hydrogen-bond donors (Lipinski definition) is 1. The summed E-state index contributed by atoms with van der Waals surface area (Å²) in [7, 11) is 0. The van der Waals surface area contributed by atoms with Gasteiger partial charge in [-0.25, -0.2) is 0 Å². The van der Waals surface area contributed by atoms with Gasteiger partial charge in [0.15, 0.2) is 0 Å². The lowest BCUT2D eigenvalue weighted by Gasteiger charge is -2.41. The molecule has 0 saturated carbocycles. The van der Waals surface area contributed by atoms with E-state index in [0.29, 0.717) is 13.1 Å². The second-order valence-electron chi connectivity index (χ2n) is 5.32. The summed E-state index contributed by atoms with van der Waals surface area (Å²) in [5.74, 6) is 0.372. The van der Waals surface area contributed by atoms with Crippen LogP contribution in [0.2, 0.25) is 0 Å². The first kappa shape index (κ1) is 16.5. The normalized spacial score (nSPS) is 17.3. The minimum Gasteiger partial charge on any atom is -0.336 e. The molecule has 1 fully saturated rings. The Morgan fingerprint density at radius 2 is 2.18 bits per heavy atom. The number of H-pyrrole nitrogens is 1. The molecule has 8 heteroatoms. The molecule has 1 aromatic rings. The molecule has 0 unspecified atom stereocenters. The van der Waals surface area contributed by atoms with Crippen molar-refractivity contribution in [3.05, 3.63) is 38.3 Å². The number of pyridine rings is 1. The first-order chi connectivity index (χ1) is 10.4. The Bertz CT molecular complexity index is 639. The molecule has 1 aliphatic heterocycles. The van der Waals surface area contributed by atoms with Gasteiger partial charge in [-0.15, -0.1) is 0 Å². The van der Waals surface area contributed by atoms with E-state index in [4.69, 9.17) is 0 Å². The second kappa shape index (κ2) is 6.51. The van der Waals surface area contributed by atoms with Crippen LogP contribution in [0, 0.1) is 10.1 Å². The summed E-state index contributed by atoms with van der Waals surface area (Å²) in [6.45, 7) is 5.29. The molecule has 1 saturated heterocycles. The number of nitro groups is 1. The number of hydrogen-bond acceptors (Lipinski definition) is 5. The van der Waals surface area contributed by atoms with Gasteiger partial charge in [-0.2, -0.15) is 11.8 Å². The van der Waals surface area contributed by atoms with Gasteiger partial charge in [0, 0.05) is 29.7 Å². The monoisotopic (exact) mass is 325 g/mol. The fourth-order valence-corrected chi connectivity index (χ4v) is 4.00. The van der Waals surface area contributed by atoms with E-state index in [1.165, 1.54) is 0 Å². The van der Waals surface area contributed by atoms with Crippen molar-refractivity contribution in [2.45, 2.75) is 31.4 Å². The number of nitrogens with zero attached hydrogens (tertiary/aromatic N) is 2. The van der Waals surface area contributed by atoms with E-state index in [1.807, 2.05) is 11.8 Å². The van der Waals surface area contributed by atoms with Crippen molar-refractivity contribution < 1.29 is 9.72 Å². The van der Waals surface area contributed by atoms with Crippen LogP contribution in [0.25, 0.3) is 0 Å². The van der Waals surface area contributed by atoms with Crippen LogP contribution in [0.1, 0.15) is 37.0 Å². The van der Waals surface area contributed by atoms with Crippen LogP contribution in [0.5, 0.6) is 0 Å². The van der Waals surface area contributed by atoms with Crippen molar-refractivity contribution in [3.63, 3.8) is 0 Å². The van der Waals surface area contributed by atoms with Gasteiger partial charge in [-0.05, 0) is 12.8 Å². The Labute approximate surface area is 132 Å². The van der Waals surface area contributed by atoms with Crippen LogP contribution in [0.4, 0.5) is 5.69 Å². The molecule has 2 rings (SSSR count). The molecule has 0 aliphatic carbocycles. The molecule has 1 aromatic heterocycles. The Hall–Kier alpha value is -1.83. The molecule has 1 N–H and O–H groups in total. The highest BCUT2D eigenvalue weighted by atomic mass is 32.2. The molecule has 1 aliphatic rings. The van der Waals surface area contributed by atoms with Crippen molar-refractivity contribution in [1.29, 1.82) is 0 Å². The van der Waals surface area contributed by atoms with E-state index in [0.717, 1.165) is 30.9 Å². The summed E-state index contributed by atoms with van der Waals surface area (Å²) in [6, 6.07) is 1.06. The van der Waals surface area contributed by atoms with E-state index in [1.54, 1.807) is 4.90 Å². The highest BCUT2D eigenvalue weighted by molar-refractivity contribution is 8.00. The van der Waals surface area contributed by atoms with Crippen LogP contribution in [0.15, 0.2) is 17.1 Å².